The van der Waals surface area contributed by atoms with Crippen LogP contribution in [0, 0.1) is 0 Å². The first-order valence-electron chi connectivity index (χ1n) is 10.0. The zero-order chi connectivity index (χ0) is 20.1. The maximum atomic E-state index is 6.16. The molecule has 4 rings (SSSR count). The third-order valence-electron chi connectivity index (χ3n) is 5.04. The molecule has 1 aliphatic rings. The molecule has 29 heavy (non-hydrogen) atoms. The second-order valence-corrected chi connectivity index (χ2v) is 8.38. The van der Waals surface area contributed by atoms with Crippen LogP contribution in [0.5, 0.6) is 11.5 Å². The first kappa shape index (κ1) is 20.0. The fourth-order valence-corrected chi connectivity index (χ4v) is 3.71. The minimum atomic E-state index is 0.113. The maximum absolute atomic E-state index is 6.16. The van der Waals surface area contributed by atoms with Gasteiger partial charge in [-0.1, -0.05) is 89.6 Å². The topological polar surface area (TPSA) is 31.0 Å². The lowest BCUT2D eigenvalue weighted by Gasteiger charge is -2.14. The maximum Gasteiger partial charge on any atom is 0.162 e. The molecule has 0 spiro atoms. The lowest BCUT2D eigenvalue weighted by Crippen LogP contribution is -2.06. The van der Waals surface area contributed by atoms with Crippen LogP contribution in [0.1, 0.15) is 36.1 Å². The first-order valence-corrected chi connectivity index (χ1v) is 10.9. The summed E-state index contributed by atoms with van der Waals surface area (Å²) in [7, 11) is 0. The van der Waals surface area contributed by atoms with Crippen LogP contribution in [0.15, 0.2) is 78.9 Å². The summed E-state index contributed by atoms with van der Waals surface area (Å²) in [5.74, 6) is 1.50. The van der Waals surface area contributed by atoms with Crippen molar-refractivity contribution in [2.45, 2.75) is 43.6 Å². The standard InChI is InChI=1S/C25H25BrO3/c1-2-21(26)25-24(29-25)20-13-14-22(27-16-18-9-5-3-6-10-18)23(15-20)28-17-19-11-7-4-8-12-19/h3-15,21,24-25H,2,16-17H2,1H3. The van der Waals surface area contributed by atoms with Crippen LogP contribution >= 0.6 is 15.9 Å². The van der Waals surface area contributed by atoms with Gasteiger partial charge in [0.2, 0.25) is 0 Å². The summed E-state index contributed by atoms with van der Waals surface area (Å²) >= 11 is 3.71. The van der Waals surface area contributed by atoms with Gasteiger partial charge in [-0.2, -0.15) is 0 Å². The molecule has 0 radical (unpaired) electrons. The Morgan fingerprint density at radius 1 is 0.828 bits per heavy atom. The highest BCUT2D eigenvalue weighted by Gasteiger charge is 2.44. The highest BCUT2D eigenvalue weighted by atomic mass is 79.9. The molecule has 3 nitrogen and oxygen atoms in total. The predicted octanol–water partition coefficient (Wildman–Crippen LogP) is 6.46. The highest BCUT2D eigenvalue weighted by Crippen LogP contribution is 2.46. The van der Waals surface area contributed by atoms with Gasteiger partial charge in [-0.25, -0.2) is 0 Å². The van der Waals surface area contributed by atoms with Gasteiger partial charge in [-0.3, -0.25) is 0 Å². The summed E-state index contributed by atoms with van der Waals surface area (Å²) in [6.07, 6.45) is 1.37. The number of epoxide rings is 1. The largest absolute Gasteiger partial charge is 0.485 e. The van der Waals surface area contributed by atoms with Crippen molar-refractivity contribution in [2.24, 2.45) is 0 Å². The smallest absolute Gasteiger partial charge is 0.162 e. The number of benzene rings is 3. The van der Waals surface area contributed by atoms with E-state index in [9.17, 15) is 0 Å². The van der Waals surface area contributed by atoms with Crippen molar-refractivity contribution in [1.82, 2.24) is 0 Å². The molecular formula is C25H25BrO3. The molecule has 1 fully saturated rings. The molecule has 0 aromatic heterocycles. The Balaban J connectivity index is 1.51. The minimum absolute atomic E-state index is 0.113. The summed E-state index contributed by atoms with van der Waals surface area (Å²) in [4.78, 5) is 0.371. The van der Waals surface area contributed by atoms with E-state index in [1.54, 1.807) is 0 Å². The summed E-state index contributed by atoms with van der Waals surface area (Å²) in [6.45, 7) is 3.16. The quantitative estimate of drug-likeness (QED) is 0.275. The predicted molar refractivity (Wildman–Crippen MR) is 119 cm³/mol. The van der Waals surface area contributed by atoms with Crippen molar-refractivity contribution < 1.29 is 14.2 Å². The van der Waals surface area contributed by atoms with Gasteiger partial charge >= 0.3 is 0 Å². The molecule has 3 aromatic rings. The van der Waals surface area contributed by atoms with E-state index in [-0.39, 0.29) is 12.2 Å². The first-order chi connectivity index (χ1) is 14.2. The molecule has 150 valence electrons. The third kappa shape index (κ3) is 5.20. The van der Waals surface area contributed by atoms with Crippen LogP contribution < -0.4 is 9.47 Å². The Morgan fingerprint density at radius 3 is 2.00 bits per heavy atom. The van der Waals surface area contributed by atoms with Crippen molar-refractivity contribution in [1.29, 1.82) is 0 Å². The fourth-order valence-electron chi connectivity index (χ4n) is 3.30. The molecule has 1 heterocycles. The SMILES string of the molecule is CCC(Br)C1OC1c1ccc(OCc2ccccc2)c(OCc2ccccc2)c1. The number of rotatable bonds is 9. The van der Waals surface area contributed by atoms with Crippen LogP contribution in [0.25, 0.3) is 0 Å². The van der Waals surface area contributed by atoms with E-state index in [0.29, 0.717) is 18.0 Å². The Hall–Kier alpha value is -2.30. The van der Waals surface area contributed by atoms with Gasteiger partial charge in [0.1, 0.15) is 25.4 Å². The van der Waals surface area contributed by atoms with Crippen molar-refractivity contribution in [3.63, 3.8) is 0 Å². The Morgan fingerprint density at radius 2 is 1.41 bits per heavy atom. The highest BCUT2D eigenvalue weighted by molar-refractivity contribution is 9.09. The normalized spacial score (nSPS) is 18.8. The van der Waals surface area contributed by atoms with Gasteiger partial charge in [0.05, 0.1) is 0 Å². The van der Waals surface area contributed by atoms with Crippen LogP contribution in [-0.2, 0) is 18.0 Å². The second-order valence-electron chi connectivity index (χ2n) is 7.20. The molecule has 3 unspecified atom stereocenters. The number of hydrogen-bond donors (Lipinski definition) is 0. The molecule has 1 aliphatic heterocycles. The average Bonchev–Trinajstić information content (AvgIpc) is 3.58. The van der Waals surface area contributed by atoms with Crippen LogP contribution in [0.2, 0.25) is 0 Å². The van der Waals surface area contributed by atoms with Crippen molar-refractivity contribution >= 4 is 15.9 Å². The van der Waals surface area contributed by atoms with Gasteiger partial charge in [0.15, 0.2) is 11.5 Å². The number of alkyl halides is 1. The van der Waals surface area contributed by atoms with E-state index in [0.717, 1.165) is 34.6 Å². The van der Waals surface area contributed by atoms with Crippen LogP contribution in [0.3, 0.4) is 0 Å². The Labute approximate surface area is 180 Å². The van der Waals surface area contributed by atoms with Gasteiger partial charge in [-0.05, 0) is 35.2 Å². The van der Waals surface area contributed by atoms with Gasteiger partial charge in [0, 0.05) is 4.83 Å². The fraction of sp³-hybridized carbons (Fsp3) is 0.280. The molecule has 1 saturated heterocycles. The summed E-state index contributed by atoms with van der Waals surface area (Å²) in [6, 6.07) is 26.5. The molecule has 3 atom stereocenters. The monoisotopic (exact) mass is 452 g/mol. The second kappa shape index (κ2) is 9.47. The van der Waals surface area contributed by atoms with E-state index in [1.807, 2.05) is 42.5 Å². The summed E-state index contributed by atoms with van der Waals surface area (Å²) < 4.78 is 18.1. The number of halogens is 1. The molecule has 0 saturated carbocycles. The molecule has 3 aromatic carbocycles. The zero-order valence-corrected chi connectivity index (χ0v) is 18.0. The lowest BCUT2D eigenvalue weighted by atomic mass is 10.1. The van der Waals surface area contributed by atoms with Crippen LogP contribution in [-0.4, -0.2) is 10.9 Å². The van der Waals surface area contributed by atoms with Crippen molar-refractivity contribution in [3.05, 3.63) is 95.6 Å². The molecule has 0 aliphatic carbocycles. The van der Waals surface area contributed by atoms with E-state index in [4.69, 9.17) is 14.2 Å². The van der Waals surface area contributed by atoms with E-state index >= 15 is 0 Å². The average molecular weight is 453 g/mol. The summed E-state index contributed by atoms with van der Waals surface area (Å²) in [5.41, 5.74) is 3.38. The molecule has 4 heteroatoms. The van der Waals surface area contributed by atoms with Crippen molar-refractivity contribution in [3.8, 4) is 11.5 Å². The van der Waals surface area contributed by atoms with Gasteiger partial charge in [0.25, 0.3) is 0 Å². The van der Waals surface area contributed by atoms with E-state index in [2.05, 4.69) is 59.3 Å². The summed E-state index contributed by atoms with van der Waals surface area (Å²) in [5, 5.41) is 0. The Kier molecular flexibility index (Phi) is 6.53. The molecule has 0 bridgehead atoms. The number of ether oxygens (including phenoxy) is 3. The number of hydrogen-bond acceptors (Lipinski definition) is 3. The lowest BCUT2D eigenvalue weighted by molar-refractivity contribution is 0.255. The zero-order valence-electron chi connectivity index (χ0n) is 16.5. The molecule has 0 amide bonds. The molecular weight excluding hydrogens is 428 g/mol. The van der Waals surface area contributed by atoms with Crippen molar-refractivity contribution in [2.75, 3.05) is 0 Å². The Bertz CT molecular complexity index is 914. The van der Waals surface area contributed by atoms with Crippen LogP contribution in [0.4, 0.5) is 0 Å². The van der Waals surface area contributed by atoms with Gasteiger partial charge < -0.3 is 14.2 Å². The molecule has 0 N–H and O–H groups in total. The minimum Gasteiger partial charge on any atom is -0.485 e. The van der Waals surface area contributed by atoms with E-state index < -0.39 is 0 Å². The van der Waals surface area contributed by atoms with Gasteiger partial charge in [-0.15, -0.1) is 0 Å². The third-order valence-corrected chi connectivity index (χ3v) is 6.21. The van der Waals surface area contributed by atoms with E-state index in [1.165, 1.54) is 0 Å².